The number of hydrogen-bond acceptors (Lipinski definition) is 3. The molecule has 3 heteroatoms. The number of likely N-dealkylation sites (N-methyl/N-ethyl adjacent to an activating group) is 1. The van der Waals surface area contributed by atoms with Crippen molar-refractivity contribution in [1.29, 1.82) is 0 Å². The molecule has 2 unspecified atom stereocenters. The molecule has 2 aromatic rings. The zero-order valence-corrected chi connectivity index (χ0v) is 13.4. The van der Waals surface area contributed by atoms with E-state index in [4.69, 9.17) is 5.73 Å². The highest BCUT2D eigenvalue weighted by molar-refractivity contribution is 5.82. The van der Waals surface area contributed by atoms with Crippen LogP contribution in [0.5, 0.6) is 0 Å². The van der Waals surface area contributed by atoms with Gasteiger partial charge in [-0.3, -0.25) is 9.88 Å². The van der Waals surface area contributed by atoms with Crippen LogP contribution in [-0.4, -0.2) is 29.5 Å². The van der Waals surface area contributed by atoms with Gasteiger partial charge >= 0.3 is 0 Å². The Morgan fingerprint density at radius 3 is 2.62 bits per heavy atom. The predicted molar refractivity (Wildman–Crippen MR) is 90.2 cm³/mol. The Bertz CT molecular complexity index is 562. The fraction of sp³-hybridized carbons (Fsp3) is 0.500. The molecular weight excluding hydrogens is 258 g/mol. The Morgan fingerprint density at radius 2 is 1.95 bits per heavy atom. The third kappa shape index (κ3) is 3.60. The molecule has 2 N–H and O–H groups in total. The number of benzene rings is 1. The number of nitrogens with two attached hydrogens (primary N) is 1. The summed E-state index contributed by atoms with van der Waals surface area (Å²) in [6, 6.07) is 10.7. The largest absolute Gasteiger partial charge is 0.329 e. The number of para-hydroxylation sites is 1. The van der Waals surface area contributed by atoms with Gasteiger partial charge in [0.25, 0.3) is 0 Å². The van der Waals surface area contributed by atoms with E-state index in [1.165, 1.54) is 17.4 Å². The van der Waals surface area contributed by atoms with Crippen molar-refractivity contribution in [3.05, 3.63) is 42.1 Å². The summed E-state index contributed by atoms with van der Waals surface area (Å²) in [4.78, 5) is 7.07. The van der Waals surface area contributed by atoms with Gasteiger partial charge in [0.05, 0.1) is 5.52 Å². The van der Waals surface area contributed by atoms with Crippen molar-refractivity contribution in [1.82, 2.24) is 9.88 Å². The molecular formula is C18H27N3. The summed E-state index contributed by atoms with van der Waals surface area (Å²) in [5.41, 5.74) is 8.45. The molecule has 0 fully saturated rings. The Balaban J connectivity index is 2.38. The van der Waals surface area contributed by atoms with Gasteiger partial charge in [-0.2, -0.15) is 0 Å². The molecule has 0 radical (unpaired) electrons. The van der Waals surface area contributed by atoms with E-state index in [9.17, 15) is 0 Å². The van der Waals surface area contributed by atoms with Crippen LogP contribution in [0.4, 0.5) is 0 Å². The Labute approximate surface area is 128 Å². The van der Waals surface area contributed by atoms with E-state index in [0.29, 0.717) is 12.5 Å². The molecule has 0 amide bonds. The van der Waals surface area contributed by atoms with Crippen LogP contribution >= 0.6 is 0 Å². The monoisotopic (exact) mass is 285 g/mol. The minimum absolute atomic E-state index is 0.239. The number of pyridine rings is 1. The second-order valence-corrected chi connectivity index (χ2v) is 5.77. The average Bonchev–Trinajstić information content (AvgIpc) is 2.54. The standard InChI is InChI=1S/C18H27N3/c1-4-14(3)13-21(5-2)17(12-19)16-10-6-8-15-9-7-11-20-18(15)16/h6-11,14,17H,4-5,12-13,19H2,1-3H3. The lowest BCUT2D eigenvalue weighted by Gasteiger charge is -2.32. The molecule has 2 atom stereocenters. The first-order valence-corrected chi connectivity index (χ1v) is 7.99. The SMILES string of the molecule is CCC(C)CN(CC)C(CN)c1cccc2cccnc12. The zero-order valence-electron chi connectivity index (χ0n) is 13.4. The molecule has 1 aromatic heterocycles. The summed E-state index contributed by atoms with van der Waals surface area (Å²) in [6.45, 7) is 9.48. The summed E-state index contributed by atoms with van der Waals surface area (Å²) in [5.74, 6) is 0.682. The summed E-state index contributed by atoms with van der Waals surface area (Å²) >= 11 is 0. The number of rotatable bonds is 7. The van der Waals surface area contributed by atoms with Crippen LogP contribution < -0.4 is 5.73 Å². The smallest absolute Gasteiger partial charge is 0.0750 e. The highest BCUT2D eigenvalue weighted by Gasteiger charge is 2.21. The van der Waals surface area contributed by atoms with Crippen LogP contribution in [0.15, 0.2) is 36.5 Å². The number of nitrogens with zero attached hydrogens (tertiary/aromatic N) is 2. The van der Waals surface area contributed by atoms with Crippen molar-refractivity contribution >= 4 is 10.9 Å². The molecule has 0 bridgehead atoms. The summed E-state index contributed by atoms with van der Waals surface area (Å²) in [7, 11) is 0. The van der Waals surface area contributed by atoms with E-state index >= 15 is 0 Å². The Hall–Kier alpha value is -1.45. The van der Waals surface area contributed by atoms with E-state index in [2.05, 4.69) is 54.9 Å². The first kappa shape index (κ1) is 15.9. The summed E-state index contributed by atoms with van der Waals surface area (Å²) < 4.78 is 0. The topological polar surface area (TPSA) is 42.1 Å². The third-order valence-corrected chi connectivity index (χ3v) is 4.34. The van der Waals surface area contributed by atoms with Gasteiger partial charge in [0.1, 0.15) is 0 Å². The van der Waals surface area contributed by atoms with Gasteiger partial charge in [-0.05, 0) is 24.1 Å². The molecule has 0 aliphatic heterocycles. The molecule has 0 saturated carbocycles. The summed E-state index contributed by atoms with van der Waals surface area (Å²) in [5, 5.41) is 1.19. The van der Waals surface area contributed by atoms with Gasteiger partial charge in [0.15, 0.2) is 0 Å². The lowest BCUT2D eigenvalue weighted by molar-refractivity contribution is 0.183. The van der Waals surface area contributed by atoms with Gasteiger partial charge in [-0.25, -0.2) is 0 Å². The molecule has 0 aliphatic rings. The molecule has 1 aromatic carbocycles. The maximum Gasteiger partial charge on any atom is 0.0750 e. The minimum atomic E-state index is 0.239. The Morgan fingerprint density at radius 1 is 1.19 bits per heavy atom. The number of aromatic nitrogens is 1. The lowest BCUT2D eigenvalue weighted by atomic mass is 9.99. The van der Waals surface area contributed by atoms with Crippen molar-refractivity contribution < 1.29 is 0 Å². The maximum absolute atomic E-state index is 6.12. The number of hydrogen-bond donors (Lipinski definition) is 1. The second kappa shape index (κ2) is 7.53. The van der Waals surface area contributed by atoms with Gasteiger partial charge in [-0.15, -0.1) is 0 Å². The molecule has 114 valence electrons. The zero-order chi connectivity index (χ0) is 15.2. The molecule has 0 saturated heterocycles. The predicted octanol–water partition coefficient (Wildman–Crippen LogP) is 3.60. The van der Waals surface area contributed by atoms with Crippen LogP contribution in [0, 0.1) is 5.92 Å². The third-order valence-electron chi connectivity index (χ3n) is 4.34. The number of fused-ring (bicyclic) bond motifs is 1. The second-order valence-electron chi connectivity index (χ2n) is 5.77. The molecule has 1 heterocycles. The lowest BCUT2D eigenvalue weighted by Crippen LogP contribution is -2.36. The highest BCUT2D eigenvalue weighted by atomic mass is 15.2. The van der Waals surface area contributed by atoms with Crippen molar-refractivity contribution in [3.8, 4) is 0 Å². The quantitative estimate of drug-likeness (QED) is 0.845. The fourth-order valence-electron chi connectivity index (χ4n) is 2.88. The van der Waals surface area contributed by atoms with E-state index in [-0.39, 0.29) is 6.04 Å². The summed E-state index contributed by atoms with van der Waals surface area (Å²) in [6.07, 6.45) is 3.06. The van der Waals surface area contributed by atoms with Gasteiger partial charge in [-0.1, -0.05) is 51.5 Å². The van der Waals surface area contributed by atoms with Crippen molar-refractivity contribution in [2.75, 3.05) is 19.6 Å². The Kier molecular flexibility index (Phi) is 5.71. The van der Waals surface area contributed by atoms with Crippen molar-refractivity contribution in [2.45, 2.75) is 33.2 Å². The van der Waals surface area contributed by atoms with E-state index < -0.39 is 0 Å². The van der Waals surface area contributed by atoms with E-state index in [1.54, 1.807) is 0 Å². The van der Waals surface area contributed by atoms with Gasteiger partial charge in [0, 0.05) is 30.7 Å². The molecule has 0 aliphatic carbocycles. The van der Waals surface area contributed by atoms with Crippen LogP contribution in [0.2, 0.25) is 0 Å². The first-order chi connectivity index (χ1) is 10.2. The average molecular weight is 285 g/mol. The highest BCUT2D eigenvalue weighted by Crippen LogP contribution is 2.27. The molecule has 2 rings (SSSR count). The fourth-order valence-corrected chi connectivity index (χ4v) is 2.88. The van der Waals surface area contributed by atoms with E-state index in [1.807, 2.05) is 12.3 Å². The van der Waals surface area contributed by atoms with Crippen LogP contribution in [-0.2, 0) is 0 Å². The van der Waals surface area contributed by atoms with Crippen LogP contribution in [0.1, 0.15) is 38.8 Å². The maximum atomic E-state index is 6.12. The van der Waals surface area contributed by atoms with Gasteiger partial charge in [0.2, 0.25) is 0 Å². The van der Waals surface area contributed by atoms with Crippen molar-refractivity contribution in [2.24, 2.45) is 11.7 Å². The van der Waals surface area contributed by atoms with Crippen LogP contribution in [0.25, 0.3) is 10.9 Å². The van der Waals surface area contributed by atoms with Crippen molar-refractivity contribution in [3.63, 3.8) is 0 Å². The minimum Gasteiger partial charge on any atom is -0.329 e. The molecule has 0 spiro atoms. The first-order valence-electron chi connectivity index (χ1n) is 7.99. The molecule has 3 nitrogen and oxygen atoms in total. The van der Waals surface area contributed by atoms with E-state index in [0.717, 1.165) is 18.6 Å². The normalized spacial score (nSPS) is 14.5. The van der Waals surface area contributed by atoms with Gasteiger partial charge < -0.3 is 5.73 Å². The van der Waals surface area contributed by atoms with Crippen LogP contribution in [0.3, 0.4) is 0 Å². The molecule has 21 heavy (non-hydrogen) atoms.